The highest BCUT2D eigenvalue weighted by Crippen LogP contribution is 2.44. The summed E-state index contributed by atoms with van der Waals surface area (Å²) < 4.78 is 0. The van der Waals surface area contributed by atoms with Gasteiger partial charge in [0.2, 0.25) is 0 Å². The molecule has 0 unspecified atom stereocenters. The molecular formula is C20H24N2. The third kappa shape index (κ3) is 2.57. The first-order valence-corrected chi connectivity index (χ1v) is 8.41. The van der Waals surface area contributed by atoms with Crippen LogP contribution in [0, 0.1) is 5.41 Å². The monoisotopic (exact) mass is 292 g/mol. The molecule has 0 amide bonds. The Kier molecular flexibility index (Phi) is 3.73. The zero-order chi connectivity index (χ0) is 14.8. The van der Waals surface area contributed by atoms with Gasteiger partial charge in [-0.2, -0.15) is 0 Å². The highest BCUT2D eigenvalue weighted by atomic mass is 15.2. The second-order valence-electron chi connectivity index (χ2n) is 6.88. The van der Waals surface area contributed by atoms with Crippen molar-refractivity contribution in [2.75, 3.05) is 26.2 Å². The Bertz CT molecular complexity index is 555. The number of piperidine rings is 1. The summed E-state index contributed by atoms with van der Waals surface area (Å²) in [6, 6.07) is 22.3. The van der Waals surface area contributed by atoms with Gasteiger partial charge >= 0.3 is 0 Å². The molecule has 2 aromatic carbocycles. The van der Waals surface area contributed by atoms with Crippen molar-refractivity contribution in [1.82, 2.24) is 10.2 Å². The molecule has 0 saturated carbocycles. The first-order chi connectivity index (χ1) is 10.9. The minimum Gasteiger partial charge on any atom is -0.317 e. The molecule has 0 bridgehead atoms. The Labute approximate surface area is 133 Å². The summed E-state index contributed by atoms with van der Waals surface area (Å²) in [5, 5.41) is 3.50. The van der Waals surface area contributed by atoms with Crippen LogP contribution in [0.5, 0.6) is 0 Å². The molecule has 22 heavy (non-hydrogen) atoms. The summed E-state index contributed by atoms with van der Waals surface area (Å²) in [6.45, 7) is 4.86. The number of nitrogens with zero attached hydrogens (tertiary/aromatic N) is 1. The largest absolute Gasteiger partial charge is 0.317 e. The predicted octanol–water partition coefficient (Wildman–Crippen LogP) is 3.46. The molecule has 2 nitrogen and oxygen atoms in total. The fourth-order valence-electron chi connectivity index (χ4n) is 4.16. The minimum absolute atomic E-state index is 0.405. The van der Waals surface area contributed by atoms with Crippen LogP contribution in [0.1, 0.15) is 30.0 Å². The number of nitrogens with one attached hydrogen (secondary N) is 1. The zero-order valence-electron chi connectivity index (χ0n) is 13.0. The quantitative estimate of drug-likeness (QED) is 0.932. The van der Waals surface area contributed by atoms with E-state index in [2.05, 4.69) is 70.9 Å². The maximum atomic E-state index is 3.50. The van der Waals surface area contributed by atoms with Crippen molar-refractivity contribution in [3.63, 3.8) is 0 Å². The summed E-state index contributed by atoms with van der Waals surface area (Å²) in [4.78, 5) is 2.66. The van der Waals surface area contributed by atoms with Gasteiger partial charge < -0.3 is 5.32 Å². The lowest BCUT2D eigenvalue weighted by molar-refractivity contribution is -0.0420. The van der Waals surface area contributed by atoms with Gasteiger partial charge in [0.25, 0.3) is 0 Å². The van der Waals surface area contributed by atoms with Crippen molar-refractivity contribution in [3.8, 4) is 0 Å². The lowest BCUT2D eigenvalue weighted by atomic mass is 9.71. The molecule has 2 fully saturated rings. The van der Waals surface area contributed by atoms with Gasteiger partial charge in [-0.15, -0.1) is 0 Å². The van der Waals surface area contributed by atoms with Crippen molar-refractivity contribution < 1.29 is 0 Å². The van der Waals surface area contributed by atoms with Crippen LogP contribution in [0.2, 0.25) is 0 Å². The molecule has 1 spiro atoms. The van der Waals surface area contributed by atoms with Crippen LogP contribution in [0.25, 0.3) is 0 Å². The fraction of sp³-hybridized carbons (Fsp3) is 0.400. The lowest BCUT2D eigenvalue weighted by Crippen LogP contribution is -2.60. The molecule has 2 aromatic rings. The van der Waals surface area contributed by atoms with E-state index < -0.39 is 0 Å². The number of benzene rings is 2. The van der Waals surface area contributed by atoms with Gasteiger partial charge in [-0.05, 0) is 42.5 Å². The first kappa shape index (κ1) is 14.0. The molecule has 0 atom stereocenters. The average molecular weight is 292 g/mol. The molecule has 4 rings (SSSR count). The van der Waals surface area contributed by atoms with Crippen molar-refractivity contribution in [1.29, 1.82) is 0 Å². The number of likely N-dealkylation sites (tertiary alicyclic amines) is 1. The molecule has 2 saturated heterocycles. The minimum atomic E-state index is 0.405. The summed E-state index contributed by atoms with van der Waals surface area (Å²) in [6.07, 6.45) is 2.67. The molecule has 114 valence electrons. The molecule has 1 N–H and O–H groups in total. The topological polar surface area (TPSA) is 15.3 Å². The Balaban J connectivity index is 1.59. The molecule has 0 radical (unpaired) electrons. The van der Waals surface area contributed by atoms with Gasteiger partial charge in [0.1, 0.15) is 0 Å². The second-order valence-corrected chi connectivity index (χ2v) is 6.88. The van der Waals surface area contributed by atoms with E-state index in [1.165, 1.54) is 50.1 Å². The summed E-state index contributed by atoms with van der Waals surface area (Å²) in [7, 11) is 0. The normalized spacial score (nSPS) is 21.0. The van der Waals surface area contributed by atoms with Crippen LogP contribution >= 0.6 is 0 Å². The maximum absolute atomic E-state index is 3.50. The van der Waals surface area contributed by atoms with Gasteiger partial charge in [-0.1, -0.05) is 60.7 Å². The molecule has 0 aliphatic carbocycles. The molecular weight excluding hydrogens is 268 g/mol. The van der Waals surface area contributed by atoms with Crippen LogP contribution < -0.4 is 5.32 Å². The summed E-state index contributed by atoms with van der Waals surface area (Å²) in [5.74, 6) is 0. The van der Waals surface area contributed by atoms with Crippen molar-refractivity contribution in [2.45, 2.75) is 18.9 Å². The van der Waals surface area contributed by atoms with Crippen LogP contribution in [0.4, 0.5) is 0 Å². The van der Waals surface area contributed by atoms with Gasteiger partial charge in [-0.25, -0.2) is 0 Å². The number of hydrogen-bond acceptors (Lipinski definition) is 2. The van der Waals surface area contributed by atoms with Crippen LogP contribution in [-0.2, 0) is 0 Å². The highest BCUT2D eigenvalue weighted by Gasteiger charge is 2.46. The van der Waals surface area contributed by atoms with E-state index in [1.807, 2.05) is 0 Å². The van der Waals surface area contributed by atoms with E-state index in [9.17, 15) is 0 Å². The van der Waals surface area contributed by atoms with Gasteiger partial charge in [0.15, 0.2) is 0 Å². The Morgan fingerprint density at radius 2 is 1.27 bits per heavy atom. The van der Waals surface area contributed by atoms with E-state index in [0.717, 1.165) is 0 Å². The van der Waals surface area contributed by atoms with E-state index in [4.69, 9.17) is 0 Å². The van der Waals surface area contributed by atoms with E-state index in [1.54, 1.807) is 0 Å². The van der Waals surface area contributed by atoms with Crippen LogP contribution in [0.15, 0.2) is 60.7 Å². The van der Waals surface area contributed by atoms with Crippen LogP contribution in [0.3, 0.4) is 0 Å². The van der Waals surface area contributed by atoms with E-state index in [0.29, 0.717) is 11.5 Å². The van der Waals surface area contributed by atoms with Crippen molar-refractivity contribution >= 4 is 0 Å². The standard InChI is InChI=1S/C20H24N2/c1-3-7-17(8-4-1)19(18-9-5-2-6-10-18)22-15-20(16-22)11-13-21-14-12-20/h1-10,19,21H,11-16H2. The van der Waals surface area contributed by atoms with Gasteiger partial charge in [-0.3, -0.25) is 4.90 Å². The fourth-order valence-corrected chi connectivity index (χ4v) is 4.16. The maximum Gasteiger partial charge on any atom is 0.0602 e. The summed E-state index contributed by atoms with van der Waals surface area (Å²) in [5.41, 5.74) is 3.41. The third-order valence-corrected chi connectivity index (χ3v) is 5.34. The second kappa shape index (κ2) is 5.86. The lowest BCUT2D eigenvalue weighted by Gasteiger charge is -2.55. The van der Waals surface area contributed by atoms with Crippen molar-refractivity contribution in [3.05, 3.63) is 71.8 Å². The molecule has 2 aliphatic heterocycles. The Morgan fingerprint density at radius 3 is 1.77 bits per heavy atom. The number of rotatable bonds is 3. The molecule has 0 aromatic heterocycles. The van der Waals surface area contributed by atoms with Gasteiger partial charge in [0.05, 0.1) is 6.04 Å². The molecule has 2 heterocycles. The van der Waals surface area contributed by atoms with Crippen LogP contribution in [-0.4, -0.2) is 31.1 Å². The first-order valence-electron chi connectivity index (χ1n) is 8.41. The zero-order valence-corrected chi connectivity index (χ0v) is 13.0. The third-order valence-electron chi connectivity index (χ3n) is 5.34. The molecule has 2 aliphatic rings. The smallest absolute Gasteiger partial charge is 0.0602 e. The average Bonchev–Trinajstić information content (AvgIpc) is 2.57. The Morgan fingerprint density at radius 1 is 0.773 bits per heavy atom. The Hall–Kier alpha value is -1.64. The summed E-state index contributed by atoms with van der Waals surface area (Å²) >= 11 is 0. The number of hydrogen-bond donors (Lipinski definition) is 1. The van der Waals surface area contributed by atoms with E-state index in [-0.39, 0.29) is 0 Å². The van der Waals surface area contributed by atoms with E-state index >= 15 is 0 Å². The van der Waals surface area contributed by atoms with Crippen molar-refractivity contribution in [2.24, 2.45) is 5.41 Å². The SMILES string of the molecule is c1ccc(C(c2ccccc2)N2CC3(CCNCC3)C2)cc1. The predicted molar refractivity (Wildman–Crippen MR) is 90.8 cm³/mol. The van der Waals surface area contributed by atoms with Gasteiger partial charge in [0, 0.05) is 13.1 Å². The highest BCUT2D eigenvalue weighted by molar-refractivity contribution is 5.32. The molecule has 2 heteroatoms.